The van der Waals surface area contributed by atoms with Gasteiger partial charge in [-0.05, 0) is 41.8 Å². The maximum atomic E-state index is 12.0. The maximum absolute atomic E-state index is 12.0. The van der Waals surface area contributed by atoms with E-state index < -0.39 is 0 Å². The van der Waals surface area contributed by atoms with Crippen LogP contribution >= 0.6 is 23.2 Å². The summed E-state index contributed by atoms with van der Waals surface area (Å²) in [5.74, 6) is 0.798. The molecule has 4 nitrogen and oxygen atoms in total. The van der Waals surface area contributed by atoms with Crippen LogP contribution < -0.4 is 15.3 Å². The molecule has 0 bridgehead atoms. The van der Waals surface area contributed by atoms with Gasteiger partial charge in [0.15, 0.2) is 5.58 Å². The number of hydrogen-bond acceptors (Lipinski definition) is 3. The molecule has 1 aliphatic heterocycles. The lowest BCUT2D eigenvalue weighted by Gasteiger charge is -2.26. The van der Waals surface area contributed by atoms with Gasteiger partial charge in [-0.15, -0.1) is 0 Å². The molecule has 27 heavy (non-hydrogen) atoms. The van der Waals surface area contributed by atoms with Crippen molar-refractivity contribution in [3.05, 3.63) is 73.6 Å². The smallest absolute Gasteiger partial charge is 0.336 e. The fourth-order valence-electron chi connectivity index (χ4n) is 3.60. The highest BCUT2D eigenvalue weighted by Gasteiger charge is 2.25. The van der Waals surface area contributed by atoms with E-state index in [0.29, 0.717) is 22.4 Å². The number of aryl methyl sites for hydroxylation is 1. The standard InChI is InChI=1S/C21H19Cl2NO3/c1-2-13-9-20(25)27-21-16(13)5-6-19-17(21)11-24(12-26-19)8-7-14-3-4-15(22)10-18(14)23/h3-6,9-10H,2,7-8,11-12H2,1H3/p+1. The third-order valence-corrected chi connectivity index (χ3v) is 5.65. The lowest BCUT2D eigenvalue weighted by Crippen LogP contribution is -3.12. The Bertz CT molecular complexity index is 1060. The quantitative estimate of drug-likeness (QED) is 0.675. The van der Waals surface area contributed by atoms with Crippen LogP contribution in [0.25, 0.3) is 11.0 Å². The maximum Gasteiger partial charge on any atom is 0.336 e. The zero-order valence-electron chi connectivity index (χ0n) is 15.0. The Labute approximate surface area is 167 Å². The molecule has 140 valence electrons. The van der Waals surface area contributed by atoms with E-state index in [2.05, 4.69) is 0 Å². The molecule has 1 N–H and O–H groups in total. The Morgan fingerprint density at radius 3 is 2.74 bits per heavy atom. The fourth-order valence-corrected chi connectivity index (χ4v) is 4.10. The second-order valence-corrected chi connectivity index (χ2v) is 7.66. The van der Waals surface area contributed by atoms with Crippen LogP contribution in [0, 0.1) is 0 Å². The lowest BCUT2D eigenvalue weighted by atomic mass is 10.0. The van der Waals surface area contributed by atoms with Crippen molar-refractivity contribution in [3.8, 4) is 5.75 Å². The number of benzene rings is 2. The average Bonchev–Trinajstić information content (AvgIpc) is 2.66. The van der Waals surface area contributed by atoms with Crippen molar-refractivity contribution < 1.29 is 14.1 Å². The van der Waals surface area contributed by atoms with E-state index in [1.165, 1.54) is 4.90 Å². The Kier molecular flexibility index (Phi) is 5.13. The van der Waals surface area contributed by atoms with E-state index in [9.17, 15) is 4.79 Å². The minimum absolute atomic E-state index is 0.312. The molecular weight excluding hydrogens is 385 g/mol. The highest BCUT2D eigenvalue weighted by Crippen LogP contribution is 2.30. The molecule has 0 fully saturated rings. The number of ether oxygens (including phenoxy) is 1. The Morgan fingerprint density at radius 2 is 1.96 bits per heavy atom. The summed E-state index contributed by atoms with van der Waals surface area (Å²) >= 11 is 12.3. The molecule has 1 aliphatic rings. The van der Waals surface area contributed by atoms with Crippen LogP contribution in [0.2, 0.25) is 10.0 Å². The zero-order valence-corrected chi connectivity index (χ0v) is 16.5. The first-order valence-corrected chi connectivity index (χ1v) is 9.79. The number of fused-ring (bicyclic) bond motifs is 3. The number of hydrogen-bond donors (Lipinski definition) is 1. The molecule has 1 atom stereocenters. The van der Waals surface area contributed by atoms with E-state index in [0.717, 1.165) is 53.8 Å². The predicted octanol–water partition coefficient (Wildman–Crippen LogP) is 3.64. The van der Waals surface area contributed by atoms with Gasteiger partial charge >= 0.3 is 5.63 Å². The Hall–Kier alpha value is -2.01. The summed E-state index contributed by atoms with van der Waals surface area (Å²) in [6.07, 6.45) is 1.60. The molecule has 0 spiro atoms. The second-order valence-electron chi connectivity index (χ2n) is 6.81. The van der Waals surface area contributed by atoms with Crippen molar-refractivity contribution in [1.29, 1.82) is 0 Å². The fraction of sp³-hybridized carbons (Fsp3) is 0.286. The summed E-state index contributed by atoms with van der Waals surface area (Å²) in [6, 6.07) is 11.1. The van der Waals surface area contributed by atoms with E-state index in [4.69, 9.17) is 32.4 Å². The van der Waals surface area contributed by atoms with E-state index in [-0.39, 0.29) is 5.63 Å². The SMILES string of the molecule is CCc1cc(=O)oc2c3c(ccc12)OC[NH+](CCc1ccc(Cl)cc1Cl)C3. The Morgan fingerprint density at radius 1 is 1.11 bits per heavy atom. The van der Waals surface area contributed by atoms with Gasteiger partial charge in [-0.25, -0.2) is 4.79 Å². The summed E-state index contributed by atoms with van der Waals surface area (Å²) in [6.45, 7) is 4.21. The summed E-state index contributed by atoms with van der Waals surface area (Å²) in [4.78, 5) is 13.2. The van der Waals surface area contributed by atoms with Gasteiger partial charge in [0.1, 0.15) is 12.3 Å². The van der Waals surface area contributed by atoms with Gasteiger partial charge in [-0.2, -0.15) is 0 Å². The summed E-state index contributed by atoms with van der Waals surface area (Å²) in [5, 5.41) is 2.31. The van der Waals surface area contributed by atoms with Gasteiger partial charge in [0.25, 0.3) is 0 Å². The van der Waals surface area contributed by atoms with Crippen LogP contribution in [0.4, 0.5) is 0 Å². The first-order chi connectivity index (χ1) is 13.0. The largest absolute Gasteiger partial charge is 0.445 e. The molecule has 0 radical (unpaired) electrons. The van der Waals surface area contributed by atoms with Crippen LogP contribution in [0.3, 0.4) is 0 Å². The van der Waals surface area contributed by atoms with Crippen LogP contribution in [-0.4, -0.2) is 13.3 Å². The lowest BCUT2D eigenvalue weighted by molar-refractivity contribution is -0.932. The van der Waals surface area contributed by atoms with E-state index in [1.807, 2.05) is 31.2 Å². The van der Waals surface area contributed by atoms with Crippen LogP contribution in [0.15, 0.2) is 45.6 Å². The van der Waals surface area contributed by atoms with Crippen molar-refractivity contribution >= 4 is 34.2 Å². The highest BCUT2D eigenvalue weighted by molar-refractivity contribution is 6.35. The third-order valence-electron chi connectivity index (χ3n) is 5.06. The van der Waals surface area contributed by atoms with Gasteiger partial charge in [-0.1, -0.05) is 36.2 Å². The van der Waals surface area contributed by atoms with Gasteiger partial charge in [0, 0.05) is 27.9 Å². The van der Waals surface area contributed by atoms with Crippen LogP contribution in [0.5, 0.6) is 5.75 Å². The van der Waals surface area contributed by atoms with Crippen molar-refractivity contribution in [1.82, 2.24) is 0 Å². The molecule has 0 aliphatic carbocycles. The Balaban J connectivity index is 1.60. The molecule has 6 heteroatoms. The van der Waals surface area contributed by atoms with Crippen molar-refractivity contribution in [2.45, 2.75) is 26.3 Å². The first kappa shape index (κ1) is 18.4. The predicted molar refractivity (Wildman–Crippen MR) is 107 cm³/mol. The van der Waals surface area contributed by atoms with E-state index in [1.54, 1.807) is 12.1 Å². The molecule has 2 aromatic carbocycles. The monoisotopic (exact) mass is 404 g/mol. The second kappa shape index (κ2) is 7.55. The summed E-state index contributed by atoms with van der Waals surface area (Å²) in [7, 11) is 0. The third kappa shape index (κ3) is 3.70. The average molecular weight is 405 g/mol. The highest BCUT2D eigenvalue weighted by atomic mass is 35.5. The molecule has 0 amide bonds. The summed E-state index contributed by atoms with van der Waals surface area (Å²) in [5.41, 5.74) is 3.37. The molecule has 0 saturated heterocycles. The van der Waals surface area contributed by atoms with Gasteiger partial charge < -0.3 is 9.15 Å². The minimum Gasteiger partial charge on any atom is -0.445 e. The number of quaternary nitrogens is 1. The molecule has 3 aromatic rings. The normalized spacial score (nSPS) is 16.2. The minimum atomic E-state index is -0.312. The van der Waals surface area contributed by atoms with Gasteiger partial charge in [0.2, 0.25) is 6.73 Å². The first-order valence-electron chi connectivity index (χ1n) is 9.04. The van der Waals surface area contributed by atoms with Gasteiger partial charge in [0.05, 0.1) is 12.1 Å². The van der Waals surface area contributed by atoms with Crippen LogP contribution in [0.1, 0.15) is 23.6 Å². The summed E-state index contributed by atoms with van der Waals surface area (Å²) < 4.78 is 11.5. The molecule has 1 aromatic heterocycles. The van der Waals surface area contributed by atoms with Crippen molar-refractivity contribution in [2.24, 2.45) is 0 Å². The number of nitrogens with one attached hydrogen (secondary N) is 1. The molecule has 0 saturated carbocycles. The van der Waals surface area contributed by atoms with Gasteiger partial charge in [-0.3, -0.25) is 4.90 Å². The van der Waals surface area contributed by atoms with Crippen molar-refractivity contribution in [2.75, 3.05) is 13.3 Å². The molecule has 4 rings (SSSR count). The van der Waals surface area contributed by atoms with E-state index >= 15 is 0 Å². The van der Waals surface area contributed by atoms with Crippen molar-refractivity contribution in [3.63, 3.8) is 0 Å². The van der Waals surface area contributed by atoms with Crippen LogP contribution in [-0.2, 0) is 19.4 Å². The number of halogens is 2. The topological polar surface area (TPSA) is 43.9 Å². The molecular formula is C21H20Cl2NO3+. The zero-order chi connectivity index (χ0) is 19.0. The molecule has 2 heterocycles. The molecule has 1 unspecified atom stereocenters. The number of rotatable bonds is 4.